The quantitative estimate of drug-likeness (QED) is 0.485. The van der Waals surface area contributed by atoms with E-state index in [0.717, 1.165) is 17.9 Å². The Morgan fingerprint density at radius 1 is 1.35 bits per heavy atom. The van der Waals surface area contributed by atoms with Crippen molar-refractivity contribution in [2.75, 3.05) is 18.1 Å². The van der Waals surface area contributed by atoms with E-state index in [4.69, 9.17) is 14.9 Å². The number of ether oxygens (including phenoxy) is 1. The summed E-state index contributed by atoms with van der Waals surface area (Å²) in [5.74, 6) is 1.65. The topological polar surface area (TPSA) is 61.3 Å². The van der Waals surface area contributed by atoms with Crippen LogP contribution in [0.4, 0.5) is 5.69 Å². The number of rotatable bonds is 6. The minimum absolute atomic E-state index is 0.641. The van der Waals surface area contributed by atoms with Crippen molar-refractivity contribution in [3.05, 3.63) is 36.7 Å². The van der Waals surface area contributed by atoms with Crippen LogP contribution in [-0.4, -0.2) is 17.3 Å². The first-order chi connectivity index (χ1) is 8.36. The Hall–Kier alpha value is -1.62. The highest BCUT2D eigenvalue weighted by atomic mass is 32.2. The van der Waals surface area contributed by atoms with Crippen LogP contribution >= 0.6 is 11.8 Å². The molecule has 0 aliphatic carbocycles. The number of anilines is 1. The van der Waals surface area contributed by atoms with Crippen LogP contribution in [0.3, 0.4) is 0 Å². The predicted octanol–water partition coefficient (Wildman–Crippen LogP) is 2.82. The van der Waals surface area contributed by atoms with Gasteiger partial charge >= 0.3 is 0 Å². The van der Waals surface area contributed by atoms with Gasteiger partial charge in [-0.2, -0.15) is 0 Å². The van der Waals surface area contributed by atoms with Crippen molar-refractivity contribution in [2.24, 2.45) is 0 Å². The van der Waals surface area contributed by atoms with Gasteiger partial charge in [0.05, 0.1) is 18.5 Å². The molecule has 2 rings (SSSR count). The molecule has 1 aromatic heterocycles. The van der Waals surface area contributed by atoms with E-state index < -0.39 is 0 Å². The van der Waals surface area contributed by atoms with Crippen LogP contribution in [0.5, 0.6) is 5.75 Å². The zero-order valence-electron chi connectivity index (χ0n) is 9.33. The Balaban J connectivity index is 1.65. The summed E-state index contributed by atoms with van der Waals surface area (Å²) < 4.78 is 10.7. The first kappa shape index (κ1) is 11.9. The lowest BCUT2D eigenvalue weighted by Gasteiger charge is -2.07. The fourth-order valence-corrected chi connectivity index (χ4v) is 1.99. The SMILES string of the molecule is Nc1ccccc1OCCCSc1ncco1. The molecule has 0 saturated heterocycles. The Bertz CT molecular complexity index is 446. The second kappa shape index (κ2) is 6.20. The van der Waals surface area contributed by atoms with Crippen molar-refractivity contribution in [3.8, 4) is 5.75 Å². The summed E-state index contributed by atoms with van der Waals surface area (Å²) in [5, 5.41) is 0.698. The maximum atomic E-state index is 5.76. The fourth-order valence-electron chi connectivity index (χ4n) is 1.29. The van der Waals surface area contributed by atoms with Crippen molar-refractivity contribution in [2.45, 2.75) is 11.6 Å². The third-order valence-electron chi connectivity index (χ3n) is 2.10. The highest BCUT2D eigenvalue weighted by Crippen LogP contribution is 2.20. The van der Waals surface area contributed by atoms with E-state index in [1.165, 1.54) is 0 Å². The normalized spacial score (nSPS) is 10.4. The minimum atomic E-state index is 0.641. The number of benzene rings is 1. The van der Waals surface area contributed by atoms with Crippen LogP contribution in [0.2, 0.25) is 0 Å². The average molecular weight is 250 g/mol. The van der Waals surface area contributed by atoms with Gasteiger partial charge in [0.25, 0.3) is 5.22 Å². The molecule has 2 aromatic rings. The Morgan fingerprint density at radius 2 is 2.24 bits per heavy atom. The van der Waals surface area contributed by atoms with Crippen LogP contribution in [0.1, 0.15) is 6.42 Å². The molecule has 1 heterocycles. The van der Waals surface area contributed by atoms with E-state index in [0.29, 0.717) is 17.5 Å². The van der Waals surface area contributed by atoms with Crippen molar-refractivity contribution in [1.29, 1.82) is 0 Å². The van der Waals surface area contributed by atoms with E-state index in [1.54, 1.807) is 24.2 Å². The standard InChI is InChI=1S/C12H14N2O2S/c13-10-4-1-2-5-11(10)15-7-3-9-17-12-14-6-8-16-12/h1-2,4-6,8H,3,7,9,13H2. The number of aromatic nitrogens is 1. The first-order valence-corrected chi connectivity index (χ1v) is 6.34. The van der Waals surface area contributed by atoms with Gasteiger partial charge in [0.1, 0.15) is 12.0 Å². The predicted molar refractivity (Wildman–Crippen MR) is 68.2 cm³/mol. The van der Waals surface area contributed by atoms with Crippen LogP contribution in [0.15, 0.2) is 46.4 Å². The molecule has 4 nitrogen and oxygen atoms in total. The average Bonchev–Trinajstić information content (AvgIpc) is 2.84. The molecular weight excluding hydrogens is 236 g/mol. The van der Waals surface area contributed by atoms with Crippen LogP contribution in [0.25, 0.3) is 0 Å². The summed E-state index contributed by atoms with van der Waals surface area (Å²) in [7, 11) is 0. The highest BCUT2D eigenvalue weighted by Gasteiger charge is 2.00. The van der Waals surface area contributed by atoms with E-state index in [9.17, 15) is 0 Å². The molecule has 0 atom stereocenters. The smallest absolute Gasteiger partial charge is 0.255 e. The van der Waals surface area contributed by atoms with Gasteiger partial charge in [-0.15, -0.1) is 0 Å². The second-order valence-corrected chi connectivity index (χ2v) is 4.43. The second-order valence-electron chi connectivity index (χ2n) is 3.39. The van der Waals surface area contributed by atoms with Crippen LogP contribution < -0.4 is 10.5 Å². The van der Waals surface area contributed by atoms with E-state index in [1.807, 2.05) is 24.3 Å². The number of hydrogen-bond donors (Lipinski definition) is 1. The molecule has 90 valence electrons. The number of nitrogens with zero attached hydrogens (tertiary/aromatic N) is 1. The van der Waals surface area contributed by atoms with Crippen molar-refractivity contribution in [1.82, 2.24) is 4.98 Å². The largest absolute Gasteiger partial charge is 0.491 e. The molecule has 0 radical (unpaired) electrons. The maximum absolute atomic E-state index is 5.76. The number of nitrogen functional groups attached to an aromatic ring is 1. The molecule has 0 aliphatic rings. The number of thioether (sulfide) groups is 1. The van der Waals surface area contributed by atoms with Gasteiger partial charge in [-0.1, -0.05) is 23.9 Å². The Labute approximate surface area is 104 Å². The molecule has 0 unspecified atom stereocenters. The van der Waals surface area contributed by atoms with E-state index in [2.05, 4.69) is 4.98 Å². The summed E-state index contributed by atoms with van der Waals surface area (Å²) in [5.41, 5.74) is 6.43. The van der Waals surface area contributed by atoms with Crippen LogP contribution in [0, 0.1) is 0 Å². The summed E-state index contributed by atoms with van der Waals surface area (Å²) in [4.78, 5) is 4.02. The number of oxazole rings is 1. The van der Waals surface area contributed by atoms with Gasteiger partial charge in [0, 0.05) is 5.75 Å². The van der Waals surface area contributed by atoms with Gasteiger partial charge in [0.15, 0.2) is 0 Å². The number of para-hydroxylation sites is 2. The zero-order valence-corrected chi connectivity index (χ0v) is 10.2. The molecule has 1 aromatic carbocycles. The molecule has 0 fully saturated rings. The van der Waals surface area contributed by atoms with Gasteiger partial charge in [-0.05, 0) is 18.6 Å². The lowest BCUT2D eigenvalue weighted by atomic mass is 10.3. The van der Waals surface area contributed by atoms with Gasteiger partial charge in [0.2, 0.25) is 0 Å². The lowest BCUT2D eigenvalue weighted by Crippen LogP contribution is -2.01. The number of nitrogens with two attached hydrogens (primary N) is 1. The minimum Gasteiger partial charge on any atom is -0.491 e. The molecule has 0 spiro atoms. The Kier molecular flexibility index (Phi) is 4.32. The van der Waals surface area contributed by atoms with Gasteiger partial charge in [-0.3, -0.25) is 0 Å². The van der Waals surface area contributed by atoms with Crippen LogP contribution in [-0.2, 0) is 0 Å². The summed E-state index contributed by atoms with van der Waals surface area (Å²) in [6.07, 6.45) is 4.13. The first-order valence-electron chi connectivity index (χ1n) is 5.36. The summed E-state index contributed by atoms with van der Waals surface area (Å²) in [6.45, 7) is 0.641. The van der Waals surface area contributed by atoms with Crippen molar-refractivity contribution < 1.29 is 9.15 Å². The molecule has 2 N–H and O–H groups in total. The lowest BCUT2D eigenvalue weighted by molar-refractivity contribution is 0.320. The summed E-state index contributed by atoms with van der Waals surface area (Å²) in [6, 6.07) is 7.50. The van der Waals surface area contributed by atoms with Crippen molar-refractivity contribution in [3.63, 3.8) is 0 Å². The molecular formula is C12H14N2O2S. The Morgan fingerprint density at radius 3 is 3.00 bits per heavy atom. The molecule has 17 heavy (non-hydrogen) atoms. The van der Waals surface area contributed by atoms with E-state index >= 15 is 0 Å². The summed E-state index contributed by atoms with van der Waals surface area (Å²) >= 11 is 1.58. The molecule has 0 amide bonds. The van der Waals surface area contributed by atoms with Gasteiger partial charge in [-0.25, -0.2) is 4.98 Å². The maximum Gasteiger partial charge on any atom is 0.255 e. The zero-order chi connectivity index (χ0) is 11.9. The van der Waals surface area contributed by atoms with E-state index in [-0.39, 0.29) is 0 Å². The molecule has 5 heteroatoms. The third kappa shape index (κ3) is 3.71. The van der Waals surface area contributed by atoms with Gasteiger partial charge < -0.3 is 14.9 Å². The molecule has 0 saturated carbocycles. The third-order valence-corrected chi connectivity index (χ3v) is 3.04. The molecule has 0 bridgehead atoms. The molecule has 0 aliphatic heterocycles. The van der Waals surface area contributed by atoms with Crippen molar-refractivity contribution >= 4 is 17.4 Å². The fraction of sp³-hybridized carbons (Fsp3) is 0.250. The number of hydrogen-bond acceptors (Lipinski definition) is 5. The monoisotopic (exact) mass is 250 g/mol. The highest BCUT2D eigenvalue weighted by molar-refractivity contribution is 7.99.